The quantitative estimate of drug-likeness (QED) is 0.322. The van der Waals surface area contributed by atoms with Crippen molar-refractivity contribution < 1.29 is 9.90 Å². The first kappa shape index (κ1) is 22.2. The van der Waals surface area contributed by atoms with Gasteiger partial charge in [-0.1, -0.05) is 112 Å². The Hall–Kier alpha value is -2.09. The molecule has 0 aliphatic heterocycles. The monoisotopic (exact) mass is 380 g/mol. The highest BCUT2D eigenvalue weighted by molar-refractivity contribution is 5.67. The van der Waals surface area contributed by atoms with E-state index in [9.17, 15) is 4.79 Å². The van der Waals surface area contributed by atoms with Gasteiger partial charge in [0.2, 0.25) is 0 Å². The van der Waals surface area contributed by atoms with Gasteiger partial charge in [0, 0.05) is 6.42 Å². The summed E-state index contributed by atoms with van der Waals surface area (Å²) in [6.45, 7) is 0. The molecule has 2 aromatic carbocycles. The van der Waals surface area contributed by atoms with Crippen molar-refractivity contribution in [3.05, 3.63) is 60.2 Å². The summed E-state index contributed by atoms with van der Waals surface area (Å²) < 4.78 is 0. The fourth-order valence-corrected chi connectivity index (χ4v) is 3.82. The number of aliphatic carboxylic acids is 1. The molecule has 0 fully saturated rings. The van der Waals surface area contributed by atoms with E-state index in [1.165, 1.54) is 80.9 Å². The van der Waals surface area contributed by atoms with Crippen molar-refractivity contribution in [3.63, 3.8) is 0 Å². The molecule has 0 spiro atoms. The average molecular weight is 381 g/mol. The molecule has 2 heteroatoms. The van der Waals surface area contributed by atoms with Gasteiger partial charge in [-0.3, -0.25) is 4.79 Å². The number of rotatable bonds is 15. The van der Waals surface area contributed by atoms with Crippen molar-refractivity contribution in [1.29, 1.82) is 0 Å². The molecular weight excluding hydrogens is 344 g/mol. The van der Waals surface area contributed by atoms with Crippen molar-refractivity contribution in [3.8, 4) is 11.1 Å². The Morgan fingerprint density at radius 3 is 1.71 bits per heavy atom. The van der Waals surface area contributed by atoms with Crippen LogP contribution in [-0.2, 0) is 11.2 Å². The van der Waals surface area contributed by atoms with Crippen molar-refractivity contribution >= 4 is 5.97 Å². The molecule has 2 nitrogen and oxygen atoms in total. The summed E-state index contributed by atoms with van der Waals surface area (Å²) in [6.07, 6.45) is 15.1. The first-order valence-corrected chi connectivity index (χ1v) is 11.1. The van der Waals surface area contributed by atoms with E-state index < -0.39 is 5.97 Å². The fourth-order valence-electron chi connectivity index (χ4n) is 3.82. The summed E-state index contributed by atoms with van der Waals surface area (Å²) in [5.41, 5.74) is 4.17. The third kappa shape index (κ3) is 9.21. The lowest BCUT2D eigenvalue weighted by Gasteiger charge is -2.10. The van der Waals surface area contributed by atoms with Crippen LogP contribution >= 0.6 is 0 Å². The molecule has 0 amide bonds. The number of benzene rings is 2. The number of carbonyl (C=O) groups is 1. The van der Waals surface area contributed by atoms with E-state index in [1.54, 1.807) is 0 Å². The number of unbranched alkanes of at least 4 members (excludes halogenated alkanes) is 10. The molecule has 0 aromatic heterocycles. The maximum Gasteiger partial charge on any atom is 0.303 e. The topological polar surface area (TPSA) is 37.3 Å². The second-order valence-corrected chi connectivity index (χ2v) is 7.81. The van der Waals surface area contributed by atoms with Gasteiger partial charge in [-0.05, 0) is 36.0 Å². The number of aryl methyl sites for hydroxylation is 1. The van der Waals surface area contributed by atoms with Crippen molar-refractivity contribution in [1.82, 2.24) is 0 Å². The highest BCUT2D eigenvalue weighted by Crippen LogP contribution is 2.25. The average Bonchev–Trinajstić information content (AvgIpc) is 2.72. The zero-order chi connectivity index (χ0) is 19.9. The summed E-state index contributed by atoms with van der Waals surface area (Å²) in [5, 5.41) is 8.61. The molecule has 0 atom stereocenters. The number of carboxylic acids is 1. The number of hydrogen-bond donors (Lipinski definition) is 1. The van der Waals surface area contributed by atoms with Gasteiger partial charge >= 0.3 is 5.97 Å². The lowest BCUT2D eigenvalue weighted by Crippen LogP contribution is -1.93. The number of carboxylic acid groups (broad SMARTS) is 1. The molecule has 1 N–H and O–H groups in total. The second kappa shape index (κ2) is 14.0. The third-order valence-corrected chi connectivity index (χ3v) is 5.44. The maximum absolute atomic E-state index is 10.4. The largest absolute Gasteiger partial charge is 0.481 e. The molecule has 152 valence electrons. The minimum atomic E-state index is -0.663. The lowest BCUT2D eigenvalue weighted by molar-refractivity contribution is -0.137. The minimum Gasteiger partial charge on any atom is -0.481 e. The van der Waals surface area contributed by atoms with Crippen LogP contribution in [0.25, 0.3) is 11.1 Å². The van der Waals surface area contributed by atoms with Gasteiger partial charge in [-0.15, -0.1) is 0 Å². The van der Waals surface area contributed by atoms with E-state index in [-0.39, 0.29) is 0 Å². The molecule has 2 aromatic rings. The van der Waals surface area contributed by atoms with Crippen LogP contribution in [0, 0.1) is 0 Å². The molecule has 0 bridgehead atoms. The SMILES string of the molecule is O=C(O)CCCCCCCCCCCCCc1ccccc1-c1ccccc1. The predicted molar refractivity (Wildman–Crippen MR) is 119 cm³/mol. The zero-order valence-corrected chi connectivity index (χ0v) is 17.2. The van der Waals surface area contributed by atoms with Crippen molar-refractivity contribution in [2.75, 3.05) is 0 Å². The van der Waals surface area contributed by atoms with E-state index in [0.717, 1.165) is 12.8 Å². The highest BCUT2D eigenvalue weighted by atomic mass is 16.4. The van der Waals surface area contributed by atoms with Crippen LogP contribution < -0.4 is 0 Å². The zero-order valence-electron chi connectivity index (χ0n) is 17.2. The summed E-state index contributed by atoms with van der Waals surface area (Å²) in [6, 6.07) is 19.5. The van der Waals surface area contributed by atoms with Crippen molar-refractivity contribution in [2.45, 2.75) is 83.5 Å². The first-order valence-electron chi connectivity index (χ1n) is 11.1. The van der Waals surface area contributed by atoms with Gasteiger partial charge in [0.1, 0.15) is 0 Å². The Bertz CT molecular complexity index is 663. The van der Waals surface area contributed by atoms with E-state index in [1.807, 2.05) is 0 Å². The molecular formula is C26H36O2. The van der Waals surface area contributed by atoms with E-state index >= 15 is 0 Å². The van der Waals surface area contributed by atoms with Crippen LogP contribution in [0.15, 0.2) is 54.6 Å². The summed E-state index contributed by atoms with van der Waals surface area (Å²) in [7, 11) is 0. The lowest BCUT2D eigenvalue weighted by atomic mass is 9.95. The molecule has 0 heterocycles. The Morgan fingerprint density at radius 1 is 0.607 bits per heavy atom. The molecule has 0 aliphatic rings. The Balaban J connectivity index is 1.50. The van der Waals surface area contributed by atoms with Crippen LogP contribution in [0.2, 0.25) is 0 Å². The Kier molecular flexibility index (Phi) is 11.1. The summed E-state index contributed by atoms with van der Waals surface area (Å²) >= 11 is 0. The van der Waals surface area contributed by atoms with Crippen molar-refractivity contribution in [2.24, 2.45) is 0 Å². The maximum atomic E-state index is 10.4. The van der Waals surface area contributed by atoms with Gasteiger partial charge in [0.15, 0.2) is 0 Å². The van der Waals surface area contributed by atoms with Gasteiger partial charge in [0.25, 0.3) is 0 Å². The normalized spacial score (nSPS) is 10.9. The Morgan fingerprint density at radius 2 is 1.11 bits per heavy atom. The first-order chi connectivity index (χ1) is 13.8. The van der Waals surface area contributed by atoms with E-state index in [4.69, 9.17) is 5.11 Å². The van der Waals surface area contributed by atoms with Gasteiger partial charge in [0.05, 0.1) is 0 Å². The highest BCUT2D eigenvalue weighted by Gasteiger charge is 2.04. The van der Waals surface area contributed by atoms with Gasteiger partial charge in [-0.25, -0.2) is 0 Å². The van der Waals surface area contributed by atoms with E-state index in [2.05, 4.69) is 54.6 Å². The minimum absolute atomic E-state index is 0.329. The van der Waals surface area contributed by atoms with Gasteiger partial charge < -0.3 is 5.11 Å². The second-order valence-electron chi connectivity index (χ2n) is 7.81. The third-order valence-electron chi connectivity index (χ3n) is 5.44. The smallest absolute Gasteiger partial charge is 0.303 e. The molecule has 2 rings (SSSR count). The van der Waals surface area contributed by atoms with Crippen LogP contribution in [-0.4, -0.2) is 11.1 Å². The van der Waals surface area contributed by atoms with Crippen LogP contribution in [0.5, 0.6) is 0 Å². The standard InChI is InChI=1S/C26H36O2/c27-26(28)22-14-9-7-5-3-1-2-4-6-8-11-17-24-20-15-16-21-25(24)23-18-12-10-13-19-23/h10,12-13,15-16,18-21H,1-9,11,14,17,22H2,(H,27,28). The summed E-state index contributed by atoms with van der Waals surface area (Å²) in [4.78, 5) is 10.4. The summed E-state index contributed by atoms with van der Waals surface area (Å²) in [5.74, 6) is -0.663. The van der Waals surface area contributed by atoms with Crippen LogP contribution in [0.1, 0.15) is 82.6 Å². The molecule has 0 aliphatic carbocycles. The van der Waals surface area contributed by atoms with Gasteiger partial charge in [-0.2, -0.15) is 0 Å². The molecule has 0 unspecified atom stereocenters. The van der Waals surface area contributed by atoms with Crippen LogP contribution in [0.4, 0.5) is 0 Å². The fraction of sp³-hybridized carbons (Fsp3) is 0.500. The molecule has 0 saturated heterocycles. The molecule has 0 radical (unpaired) electrons. The van der Waals surface area contributed by atoms with E-state index in [0.29, 0.717) is 6.42 Å². The number of hydrogen-bond acceptors (Lipinski definition) is 1. The van der Waals surface area contributed by atoms with Crippen LogP contribution in [0.3, 0.4) is 0 Å². The Labute approximate surface area is 171 Å². The molecule has 0 saturated carbocycles. The molecule has 28 heavy (non-hydrogen) atoms. The predicted octanol–water partition coefficient (Wildman–Crippen LogP) is 7.66.